The number of amides is 3. The van der Waals surface area contributed by atoms with E-state index in [1.807, 2.05) is 0 Å². The Kier molecular flexibility index (Phi) is 6.52. The number of carbonyl (C=O) groups is 3. The standard InChI is InChI=1S/C17H32N2O6Si/c1-16(2,3)25-14(21)18-12-9-11(19(13(12)20)15(22)23)10-24-26(7,8)17(4,5)6/h11-12H,9-10H2,1-8H3,(H,18,21)(H,22,23)/t11-,12+/m1/s1. The molecule has 150 valence electrons. The van der Waals surface area contributed by atoms with Gasteiger partial charge >= 0.3 is 12.2 Å². The van der Waals surface area contributed by atoms with Gasteiger partial charge < -0.3 is 19.6 Å². The number of nitrogens with one attached hydrogen (secondary N) is 1. The van der Waals surface area contributed by atoms with Gasteiger partial charge in [-0.25, -0.2) is 14.5 Å². The third-order valence-corrected chi connectivity index (χ3v) is 9.25. The lowest BCUT2D eigenvalue weighted by atomic mass is 10.2. The molecule has 1 fully saturated rings. The Labute approximate surface area is 156 Å². The number of hydrogen-bond donors (Lipinski definition) is 2. The fraction of sp³-hybridized carbons (Fsp3) is 0.824. The highest BCUT2D eigenvalue weighted by Gasteiger charge is 2.46. The molecule has 0 unspecified atom stereocenters. The van der Waals surface area contributed by atoms with Gasteiger partial charge in [-0.15, -0.1) is 0 Å². The number of alkyl carbamates (subject to hydrolysis) is 1. The molecule has 1 saturated heterocycles. The Hall–Kier alpha value is -1.61. The van der Waals surface area contributed by atoms with Crippen LogP contribution in [-0.4, -0.2) is 60.7 Å². The van der Waals surface area contributed by atoms with E-state index in [4.69, 9.17) is 9.16 Å². The van der Waals surface area contributed by atoms with Crippen LogP contribution >= 0.6 is 0 Å². The fourth-order valence-corrected chi connectivity index (χ4v) is 3.35. The largest absolute Gasteiger partial charge is 0.465 e. The smallest absolute Gasteiger partial charge is 0.414 e. The molecule has 0 aromatic carbocycles. The second-order valence-electron chi connectivity index (χ2n) is 9.15. The zero-order valence-corrected chi connectivity index (χ0v) is 18.0. The molecule has 0 aromatic heterocycles. The van der Waals surface area contributed by atoms with Gasteiger partial charge in [-0.1, -0.05) is 20.8 Å². The van der Waals surface area contributed by atoms with Crippen LogP contribution in [0.15, 0.2) is 0 Å². The summed E-state index contributed by atoms with van der Waals surface area (Å²) in [6, 6.07) is -1.57. The molecular formula is C17H32N2O6Si. The van der Waals surface area contributed by atoms with Crippen molar-refractivity contribution in [2.75, 3.05) is 6.61 Å². The van der Waals surface area contributed by atoms with Gasteiger partial charge in [-0.2, -0.15) is 0 Å². The van der Waals surface area contributed by atoms with Gasteiger partial charge in [0.1, 0.15) is 11.6 Å². The third kappa shape index (κ3) is 5.70. The summed E-state index contributed by atoms with van der Waals surface area (Å²) < 4.78 is 11.2. The van der Waals surface area contributed by atoms with E-state index >= 15 is 0 Å². The summed E-state index contributed by atoms with van der Waals surface area (Å²) in [4.78, 5) is 36.6. The van der Waals surface area contributed by atoms with E-state index in [0.29, 0.717) is 0 Å². The Bertz CT molecular complexity index is 565. The molecule has 2 N–H and O–H groups in total. The van der Waals surface area contributed by atoms with Gasteiger partial charge in [0.15, 0.2) is 8.32 Å². The van der Waals surface area contributed by atoms with Crippen molar-refractivity contribution in [2.45, 2.75) is 83.8 Å². The van der Waals surface area contributed by atoms with Crippen LogP contribution in [0, 0.1) is 0 Å². The monoisotopic (exact) mass is 388 g/mol. The van der Waals surface area contributed by atoms with E-state index in [0.717, 1.165) is 4.90 Å². The van der Waals surface area contributed by atoms with Gasteiger partial charge in [-0.05, 0) is 38.9 Å². The lowest BCUT2D eigenvalue weighted by Gasteiger charge is -2.37. The average molecular weight is 389 g/mol. The van der Waals surface area contributed by atoms with Crippen molar-refractivity contribution in [1.29, 1.82) is 0 Å². The van der Waals surface area contributed by atoms with Crippen molar-refractivity contribution in [3.63, 3.8) is 0 Å². The van der Waals surface area contributed by atoms with Gasteiger partial charge in [-0.3, -0.25) is 4.79 Å². The highest BCUT2D eigenvalue weighted by Crippen LogP contribution is 2.37. The fourth-order valence-electron chi connectivity index (χ4n) is 2.31. The molecule has 1 aliphatic heterocycles. The van der Waals surface area contributed by atoms with Crippen molar-refractivity contribution < 1.29 is 28.7 Å². The van der Waals surface area contributed by atoms with Crippen LogP contribution in [0.25, 0.3) is 0 Å². The Morgan fingerprint density at radius 3 is 2.19 bits per heavy atom. The maximum absolute atomic E-state index is 12.4. The molecule has 1 heterocycles. The van der Waals surface area contributed by atoms with Gasteiger partial charge in [0.2, 0.25) is 0 Å². The van der Waals surface area contributed by atoms with Gasteiger partial charge in [0, 0.05) is 6.42 Å². The first-order valence-corrected chi connectivity index (χ1v) is 11.7. The quantitative estimate of drug-likeness (QED) is 0.717. The van der Waals surface area contributed by atoms with Crippen LogP contribution in [-0.2, 0) is 14.0 Å². The molecule has 0 aromatic rings. The summed E-state index contributed by atoms with van der Waals surface area (Å²) in [6.07, 6.45) is -1.92. The summed E-state index contributed by atoms with van der Waals surface area (Å²) in [5.74, 6) is -0.660. The topological polar surface area (TPSA) is 105 Å². The number of rotatable bonds is 4. The summed E-state index contributed by atoms with van der Waals surface area (Å²) in [5, 5.41) is 11.8. The number of imide groups is 1. The van der Waals surface area contributed by atoms with E-state index in [1.165, 1.54) is 0 Å². The third-order valence-electron chi connectivity index (χ3n) is 4.75. The summed E-state index contributed by atoms with van der Waals surface area (Å²) in [6.45, 7) is 15.6. The van der Waals surface area contributed by atoms with Gasteiger partial charge in [0.25, 0.3) is 5.91 Å². The Morgan fingerprint density at radius 1 is 1.23 bits per heavy atom. The van der Waals surface area contributed by atoms with E-state index in [1.54, 1.807) is 20.8 Å². The first-order chi connectivity index (χ1) is 11.5. The molecule has 0 saturated carbocycles. The lowest BCUT2D eigenvalue weighted by Crippen LogP contribution is -2.47. The number of nitrogens with zero attached hydrogens (tertiary/aromatic N) is 1. The molecule has 0 bridgehead atoms. The average Bonchev–Trinajstić information content (AvgIpc) is 2.69. The number of likely N-dealkylation sites (tertiary alicyclic amines) is 1. The first kappa shape index (κ1) is 22.4. The number of carboxylic acid groups (broad SMARTS) is 1. The van der Waals surface area contributed by atoms with E-state index in [2.05, 4.69) is 39.2 Å². The molecule has 0 radical (unpaired) electrons. The molecule has 3 amide bonds. The van der Waals surface area contributed by atoms with E-state index in [9.17, 15) is 19.5 Å². The summed E-state index contributed by atoms with van der Waals surface area (Å²) >= 11 is 0. The molecule has 0 spiro atoms. The summed E-state index contributed by atoms with van der Waals surface area (Å²) in [5.41, 5.74) is -0.705. The maximum atomic E-state index is 12.4. The minimum atomic E-state index is -2.09. The molecular weight excluding hydrogens is 356 g/mol. The van der Waals surface area contributed by atoms with Crippen molar-refractivity contribution in [3.8, 4) is 0 Å². The molecule has 1 aliphatic rings. The van der Waals surface area contributed by atoms with Crippen LogP contribution in [0.4, 0.5) is 9.59 Å². The SMILES string of the molecule is CC(C)(C)OC(=O)N[C@H]1C[C@H](CO[Si](C)(C)C(C)(C)C)N(C(=O)O)C1=O. The van der Waals surface area contributed by atoms with Crippen LogP contribution in [0.2, 0.25) is 18.1 Å². The molecule has 0 aliphatic carbocycles. The normalized spacial score (nSPS) is 21.7. The van der Waals surface area contributed by atoms with E-state index < -0.39 is 44.1 Å². The highest BCUT2D eigenvalue weighted by molar-refractivity contribution is 6.74. The second kappa shape index (κ2) is 7.56. The van der Waals surface area contributed by atoms with Crippen LogP contribution in [0.1, 0.15) is 48.0 Å². The zero-order valence-electron chi connectivity index (χ0n) is 17.0. The highest BCUT2D eigenvalue weighted by atomic mass is 28.4. The van der Waals surface area contributed by atoms with Crippen molar-refractivity contribution in [2.24, 2.45) is 0 Å². The summed E-state index contributed by atoms with van der Waals surface area (Å²) in [7, 11) is -2.09. The molecule has 2 atom stereocenters. The maximum Gasteiger partial charge on any atom is 0.414 e. The predicted octanol–water partition coefficient (Wildman–Crippen LogP) is 3.18. The lowest BCUT2D eigenvalue weighted by molar-refractivity contribution is -0.128. The Balaban J connectivity index is 2.82. The molecule has 9 heteroatoms. The van der Waals surface area contributed by atoms with Crippen molar-refractivity contribution in [1.82, 2.24) is 10.2 Å². The molecule has 8 nitrogen and oxygen atoms in total. The number of hydrogen-bond acceptors (Lipinski definition) is 5. The second-order valence-corrected chi connectivity index (χ2v) is 14.0. The molecule has 1 rings (SSSR count). The minimum absolute atomic E-state index is 0.0299. The molecule has 26 heavy (non-hydrogen) atoms. The Morgan fingerprint density at radius 2 is 1.77 bits per heavy atom. The van der Waals surface area contributed by atoms with Crippen molar-refractivity contribution in [3.05, 3.63) is 0 Å². The van der Waals surface area contributed by atoms with E-state index in [-0.39, 0.29) is 18.1 Å². The zero-order chi connectivity index (χ0) is 20.5. The first-order valence-electron chi connectivity index (χ1n) is 8.74. The van der Waals surface area contributed by atoms with Crippen LogP contribution in [0.5, 0.6) is 0 Å². The number of ether oxygens (including phenoxy) is 1. The van der Waals surface area contributed by atoms with Crippen LogP contribution < -0.4 is 5.32 Å². The number of carbonyl (C=O) groups excluding carboxylic acids is 2. The van der Waals surface area contributed by atoms with Crippen molar-refractivity contribution >= 4 is 26.4 Å². The van der Waals surface area contributed by atoms with Crippen LogP contribution in [0.3, 0.4) is 0 Å². The van der Waals surface area contributed by atoms with Gasteiger partial charge in [0.05, 0.1) is 12.6 Å². The minimum Gasteiger partial charge on any atom is -0.465 e. The predicted molar refractivity (Wildman–Crippen MR) is 99.6 cm³/mol.